The Bertz CT molecular complexity index is 495. The minimum atomic E-state index is 0.324. The van der Waals surface area contributed by atoms with E-state index in [1.165, 1.54) is 37.7 Å². The van der Waals surface area contributed by atoms with Gasteiger partial charge in [-0.1, -0.05) is 58.0 Å². The third-order valence-corrected chi connectivity index (χ3v) is 6.83. The molecule has 1 aliphatic heterocycles. The van der Waals surface area contributed by atoms with E-state index in [-0.39, 0.29) is 0 Å². The molecule has 1 unspecified atom stereocenters. The lowest BCUT2D eigenvalue weighted by Crippen LogP contribution is -2.25. The summed E-state index contributed by atoms with van der Waals surface area (Å²) in [6, 6.07) is 4.18. The van der Waals surface area contributed by atoms with E-state index in [9.17, 15) is 0 Å². The molecule has 0 bridgehead atoms. The summed E-state index contributed by atoms with van der Waals surface area (Å²) in [5.74, 6) is 1.72. The van der Waals surface area contributed by atoms with E-state index in [4.69, 9.17) is 9.47 Å². The Kier molecular flexibility index (Phi) is 4.32. The minimum Gasteiger partial charge on any atom is -0.486 e. The highest BCUT2D eigenvalue weighted by Crippen LogP contribution is 2.53. The average Bonchev–Trinajstić information content (AvgIpc) is 2.46. The molecule has 1 saturated carbocycles. The van der Waals surface area contributed by atoms with Crippen molar-refractivity contribution < 1.29 is 9.47 Å². The van der Waals surface area contributed by atoms with Gasteiger partial charge in [0, 0.05) is 9.30 Å². The summed E-state index contributed by atoms with van der Waals surface area (Å²) in [6.45, 7) is 3.67. The Balaban J connectivity index is 1.92. The molecule has 2 aliphatic rings. The standard InChI is InChI=1S/C16H20Br2O2/c1-16(5-3-2-4-6-16)15(18)11-9-13-14(10-12(11)17)20-8-7-19-13/h9-10,15H,2-8H2,1H3. The van der Waals surface area contributed by atoms with Crippen LogP contribution in [0.4, 0.5) is 0 Å². The average molecular weight is 404 g/mol. The second-order valence-electron chi connectivity index (χ2n) is 6.09. The van der Waals surface area contributed by atoms with Crippen molar-refractivity contribution in [2.24, 2.45) is 5.41 Å². The summed E-state index contributed by atoms with van der Waals surface area (Å²) >= 11 is 7.66. The lowest BCUT2D eigenvalue weighted by Gasteiger charge is -2.38. The van der Waals surface area contributed by atoms with Crippen LogP contribution < -0.4 is 9.47 Å². The highest BCUT2D eigenvalue weighted by Gasteiger charge is 2.36. The van der Waals surface area contributed by atoms with Gasteiger partial charge in [0.2, 0.25) is 0 Å². The molecular formula is C16H20Br2O2. The van der Waals surface area contributed by atoms with Crippen molar-refractivity contribution in [2.45, 2.75) is 43.9 Å². The fraction of sp³-hybridized carbons (Fsp3) is 0.625. The predicted octanol–water partition coefficient (Wildman–Crippen LogP) is 5.63. The van der Waals surface area contributed by atoms with Crippen LogP contribution in [0.2, 0.25) is 0 Å². The van der Waals surface area contributed by atoms with E-state index in [1.54, 1.807) is 0 Å². The Morgan fingerprint density at radius 2 is 1.65 bits per heavy atom. The summed E-state index contributed by atoms with van der Waals surface area (Å²) in [6.07, 6.45) is 6.60. The normalized spacial score (nSPS) is 22.4. The van der Waals surface area contributed by atoms with E-state index in [0.29, 0.717) is 23.5 Å². The first kappa shape index (κ1) is 14.7. The van der Waals surface area contributed by atoms with Crippen LogP contribution in [-0.4, -0.2) is 13.2 Å². The van der Waals surface area contributed by atoms with Crippen LogP contribution in [0.15, 0.2) is 16.6 Å². The quantitative estimate of drug-likeness (QED) is 0.596. The van der Waals surface area contributed by atoms with Crippen molar-refractivity contribution in [3.05, 3.63) is 22.2 Å². The summed E-state index contributed by atoms with van der Waals surface area (Å²) in [5.41, 5.74) is 1.60. The van der Waals surface area contributed by atoms with Gasteiger partial charge in [-0.15, -0.1) is 0 Å². The third-order valence-electron chi connectivity index (χ3n) is 4.54. The SMILES string of the molecule is CC1(C(Br)c2cc3c(cc2Br)OCCO3)CCCCC1. The first-order valence-corrected chi connectivity index (χ1v) is 9.04. The molecule has 0 saturated heterocycles. The molecule has 0 aromatic heterocycles. The summed E-state index contributed by atoms with van der Waals surface area (Å²) < 4.78 is 12.5. The number of ether oxygens (including phenoxy) is 2. The molecule has 1 aromatic carbocycles. The summed E-state index contributed by atoms with van der Waals surface area (Å²) in [5, 5.41) is 0. The number of alkyl halides is 1. The zero-order valence-electron chi connectivity index (χ0n) is 11.8. The molecule has 0 spiro atoms. The van der Waals surface area contributed by atoms with Gasteiger partial charge < -0.3 is 9.47 Å². The van der Waals surface area contributed by atoms with Gasteiger partial charge in [0.1, 0.15) is 13.2 Å². The zero-order valence-corrected chi connectivity index (χ0v) is 14.9. The van der Waals surface area contributed by atoms with Gasteiger partial charge >= 0.3 is 0 Å². The molecule has 1 heterocycles. The van der Waals surface area contributed by atoms with Crippen LogP contribution in [0.1, 0.15) is 49.4 Å². The van der Waals surface area contributed by atoms with Crippen molar-refractivity contribution >= 4 is 31.9 Å². The minimum absolute atomic E-state index is 0.324. The maximum atomic E-state index is 5.72. The van der Waals surface area contributed by atoms with Gasteiger partial charge in [-0.2, -0.15) is 0 Å². The summed E-state index contributed by atoms with van der Waals surface area (Å²) in [7, 11) is 0. The topological polar surface area (TPSA) is 18.5 Å². The number of halogens is 2. The number of hydrogen-bond acceptors (Lipinski definition) is 2. The highest BCUT2D eigenvalue weighted by molar-refractivity contribution is 9.11. The van der Waals surface area contributed by atoms with E-state index in [2.05, 4.69) is 44.8 Å². The van der Waals surface area contributed by atoms with E-state index >= 15 is 0 Å². The molecule has 4 heteroatoms. The van der Waals surface area contributed by atoms with E-state index in [1.807, 2.05) is 6.07 Å². The van der Waals surface area contributed by atoms with Crippen molar-refractivity contribution in [1.29, 1.82) is 0 Å². The molecule has 1 aliphatic carbocycles. The Morgan fingerprint density at radius 1 is 1.05 bits per heavy atom. The fourth-order valence-electron chi connectivity index (χ4n) is 3.26. The zero-order chi connectivity index (χ0) is 14.2. The first-order valence-electron chi connectivity index (χ1n) is 7.33. The molecule has 0 radical (unpaired) electrons. The smallest absolute Gasteiger partial charge is 0.162 e. The van der Waals surface area contributed by atoms with Crippen LogP contribution in [-0.2, 0) is 0 Å². The molecule has 1 aromatic rings. The second-order valence-corrected chi connectivity index (χ2v) is 7.86. The Hall–Kier alpha value is -0.220. The molecule has 20 heavy (non-hydrogen) atoms. The monoisotopic (exact) mass is 402 g/mol. The maximum Gasteiger partial charge on any atom is 0.162 e. The Morgan fingerprint density at radius 3 is 2.30 bits per heavy atom. The van der Waals surface area contributed by atoms with Gasteiger partial charge in [0.05, 0.1) is 0 Å². The lowest BCUT2D eigenvalue weighted by atomic mass is 9.72. The predicted molar refractivity (Wildman–Crippen MR) is 88.0 cm³/mol. The van der Waals surface area contributed by atoms with Gasteiger partial charge in [-0.05, 0) is 36.0 Å². The molecule has 1 fully saturated rings. The van der Waals surface area contributed by atoms with Crippen LogP contribution in [0.3, 0.4) is 0 Å². The summed E-state index contributed by atoms with van der Waals surface area (Å²) in [4.78, 5) is 0.348. The number of hydrogen-bond donors (Lipinski definition) is 0. The third kappa shape index (κ3) is 2.74. The second kappa shape index (κ2) is 5.88. The van der Waals surface area contributed by atoms with Crippen LogP contribution in [0.5, 0.6) is 11.5 Å². The number of rotatable bonds is 2. The fourth-order valence-corrected chi connectivity index (χ4v) is 4.96. The lowest BCUT2D eigenvalue weighted by molar-refractivity contribution is 0.170. The van der Waals surface area contributed by atoms with Crippen molar-refractivity contribution in [1.82, 2.24) is 0 Å². The molecule has 110 valence electrons. The first-order chi connectivity index (χ1) is 9.60. The van der Waals surface area contributed by atoms with Crippen LogP contribution in [0, 0.1) is 5.41 Å². The molecule has 2 nitrogen and oxygen atoms in total. The molecule has 1 atom stereocenters. The van der Waals surface area contributed by atoms with E-state index in [0.717, 1.165) is 16.0 Å². The van der Waals surface area contributed by atoms with Gasteiger partial charge in [-0.25, -0.2) is 0 Å². The van der Waals surface area contributed by atoms with Gasteiger partial charge in [0.25, 0.3) is 0 Å². The largest absolute Gasteiger partial charge is 0.486 e. The number of fused-ring (bicyclic) bond motifs is 1. The Labute approximate surface area is 137 Å². The number of benzene rings is 1. The highest BCUT2D eigenvalue weighted by atomic mass is 79.9. The van der Waals surface area contributed by atoms with Crippen molar-refractivity contribution in [3.63, 3.8) is 0 Å². The van der Waals surface area contributed by atoms with Crippen molar-refractivity contribution in [2.75, 3.05) is 13.2 Å². The van der Waals surface area contributed by atoms with Gasteiger partial charge in [0.15, 0.2) is 11.5 Å². The van der Waals surface area contributed by atoms with Crippen LogP contribution >= 0.6 is 31.9 Å². The van der Waals surface area contributed by atoms with E-state index < -0.39 is 0 Å². The molecule has 0 amide bonds. The van der Waals surface area contributed by atoms with Crippen LogP contribution in [0.25, 0.3) is 0 Å². The molecule has 0 N–H and O–H groups in total. The van der Waals surface area contributed by atoms with Crippen molar-refractivity contribution in [3.8, 4) is 11.5 Å². The molecule has 3 rings (SSSR count). The van der Waals surface area contributed by atoms with Gasteiger partial charge in [-0.3, -0.25) is 0 Å². The maximum absolute atomic E-state index is 5.72. The molecular weight excluding hydrogens is 384 g/mol.